The van der Waals surface area contributed by atoms with Crippen molar-refractivity contribution in [3.8, 4) is 0 Å². The molecule has 0 fully saturated rings. The topological polar surface area (TPSA) is 33.1 Å². The number of hydrogen-bond acceptors (Lipinski definition) is 2. The normalized spacial score (nSPS) is 12.4. The number of benzene rings is 1. The molecule has 2 rings (SSSR count). The molecular weight excluding hydrogens is 273 g/mol. The van der Waals surface area contributed by atoms with E-state index in [0.29, 0.717) is 5.56 Å². The van der Waals surface area contributed by atoms with Crippen LogP contribution in [0.25, 0.3) is 0 Å². The summed E-state index contributed by atoms with van der Waals surface area (Å²) in [6, 6.07) is 7.88. The largest absolute Gasteiger partial charge is 0.383 e. The fraction of sp³-hybridized carbons (Fsp3) is 0.0833. The molecule has 0 saturated heterocycles. The Morgan fingerprint density at radius 1 is 1.31 bits per heavy atom. The Hall–Kier alpha value is -1.26. The molecule has 0 radical (unpaired) electrons. The van der Waals surface area contributed by atoms with Crippen molar-refractivity contribution in [1.29, 1.82) is 0 Å². The van der Waals surface area contributed by atoms with E-state index in [9.17, 15) is 9.50 Å². The molecule has 0 spiro atoms. The number of aromatic nitrogens is 1. The van der Waals surface area contributed by atoms with Gasteiger partial charge in [-0.05, 0) is 24.3 Å². The number of aliphatic hydroxyl groups excluding tert-OH is 1. The first kappa shape index (κ1) is 11.2. The maximum absolute atomic E-state index is 13.5. The molecule has 2 nitrogen and oxygen atoms in total. The zero-order valence-corrected chi connectivity index (χ0v) is 9.86. The first-order valence-electron chi connectivity index (χ1n) is 4.71. The first-order chi connectivity index (χ1) is 7.68. The zero-order valence-electron chi connectivity index (χ0n) is 8.27. The maximum atomic E-state index is 13.5. The molecule has 0 aliphatic carbocycles. The highest BCUT2D eigenvalue weighted by molar-refractivity contribution is 9.10. The van der Waals surface area contributed by atoms with Crippen LogP contribution in [0.3, 0.4) is 0 Å². The molecule has 1 aromatic heterocycles. The molecule has 0 aliphatic rings. The summed E-state index contributed by atoms with van der Waals surface area (Å²) in [5.74, 6) is -0.431. The molecule has 4 heteroatoms. The lowest BCUT2D eigenvalue weighted by Gasteiger charge is -2.12. The maximum Gasteiger partial charge on any atom is 0.129 e. The molecule has 0 saturated carbocycles. The molecule has 1 aromatic carbocycles. The van der Waals surface area contributed by atoms with Gasteiger partial charge in [0.1, 0.15) is 11.9 Å². The lowest BCUT2D eigenvalue weighted by molar-refractivity contribution is 0.214. The van der Waals surface area contributed by atoms with Gasteiger partial charge in [0.05, 0.1) is 0 Å². The minimum Gasteiger partial charge on any atom is -0.383 e. The zero-order chi connectivity index (χ0) is 11.5. The Morgan fingerprint density at radius 2 is 2.12 bits per heavy atom. The van der Waals surface area contributed by atoms with Crippen molar-refractivity contribution in [2.75, 3.05) is 0 Å². The Labute approximate surface area is 101 Å². The van der Waals surface area contributed by atoms with Crippen molar-refractivity contribution in [2.24, 2.45) is 0 Å². The van der Waals surface area contributed by atoms with Crippen LogP contribution in [0.2, 0.25) is 0 Å². The number of nitrogens with zero attached hydrogens (tertiary/aromatic N) is 1. The summed E-state index contributed by atoms with van der Waals surface area (Å²) in [6.45, 7) is 0. The Kier molecular flexibility index (Phi) is 3.31. The van der Waals surface area contributed by atoms with Gasteiger partial charge in [0, 0.05) is 28.0 Å². The fourth-order valence-corrected chi connectivity index (χ4v) is 1.82. The van der Waals surface area contributed by atoms with Gasteiger partial charge < -0.3 is 5.11 Å². The number of halogens is 2. The van der Waals surface area contributed by atoms with Gasteiger partial charge in [0.2, 0.25) is 0 Å². The Balaban J connectivity index is 2.41. The van der Waals surface area contributed by atoms with E-state index in [4.69, 9.17) is 0 Å². The molecule has 1 atom stereocenters. The summed E-state index contributed by atoms with van der Waals surface area (Å²) in [5.41, 5.74) is 0.807. The van der Waals surface area contributed by atoms with Crippen molar-refractivity contribution in [3.05, 3.63) is 64.1 Å². The van der Waals surface area contributed by atoms with Crippen molar-refractivity contribution in [2.45, 2.75) is 6.10 Å². The van der Waals surface area contributed by atoms with Crippen molar-refractivity contribution in [1.82, 2.24) is 4.98 Å². The van der Waals surface area contributed by atoms with Crippen LogP contribution in [-0.4, -0.2) is 10.1 Å². The highest BCUT2D eigenvalue weighted by Crippen LogP contribution is 2.26. The van der Waals surface area contributed by atoms with Crippen molar-refractivity contribution in [3.63, 3.8) is 0 Å². The van der Waals surface area contributed by atoms with Crippen LogP contribution in [0.4, 0.5) is 4.39 Å². The van der Waals surface area contributed by atoms with E-state index >= 15 is 0 Å². The molecule has 0 aliphatic heterocycles. The molecule has 0 bridgehead atoms. The quantitative estimate of drug-likeness (QED) is 0.918. The molecule has 82 valence electrons. The third-order valence-electron chi connectivity index (χ3n) is 2.25. The number of pyridine rings is 1. The summed E-state index contributed by atoms with van der Waals surface area (Å²) >= 11 is 3.24. The summed E-state index contributed by atoms with van der Waals surface area (Å²) in [6.07, 6.45) is 2.13. The minimum atomic E-state index is -0.994. The smallest absolute Gasteiger partial charge is 0.129 e. The molecule has 1 heterocycles. The predicted octanol–water partition coefficient (Wildman–Crippen LogP) is 3.06. The second-order valence-electron chi connectivity index (χ2n) is 3.35. The summed E-state index contributed by atoms with van der Waals surface area (Å²) in [4.78, 5) is 3.89. The van der Waals surface area contributed by atoms with E-state index in [1.165, 1.54) is 12.3 Å². The van der Waals surface area contributed by atoms with Crippen LogP contribution < -0.4 is 0 Å². The average Bonchev–Trinajstić information content (AvgIpc) is 2.32. The SMILES string of the molecule is OC(c1cccnc1)c1cc(Br)ccc1F. The highest BCUT2D eigenvalue weighted by Gasteiger charge is 2.15. The molecular formula is C12H9BrFNO. The van der Waals surface area contributed by atoms with Crippen LogP contribution in [0.1, 0.15) is 17.2 Å². The summed E-state index contributed by atoms with van der Waals surface area (Å²) in [5, 5.41) is 10.00. The van der Waals surface area contributed by atoms with E-state index in [2.05, 4.69) is 20.9 Å². The Bertz CT molecular complexity index is 490. The molecule has 1 unspecified atom stereocenters. The standard InChI is InChI=1S/C12H9BrFNO/c13-9-3-4-11(14)10(6-9)12(16)8-2-1-5-15-7-8/h1-7,12,16H. The third-order valence-corrected chi connectivity index (χ3v) is 2.75. The van der Waals surface area contributed by atoms with E-state index in [1.807, 2.05) is 0 Å². The van der Waals surface area contributed by atoms with E-state index in [-0.39, 0.29) is 5.56 Å². The van der Waals surface area contributed by atoms with E-state index < -0.39 is 11.9 Å². The Morgan fingerprint density at radius 3 is 2.81 bits per heavy atom. The third kappa shape index (κ3) is 2.28. The molecule has 16 heavy (non-hydrogen) atoms. The lowest BCUT2D eigenvalue weighted by Crippen LogP contribution is -2.02. The number of aliphatic hydroxyl groups is 1. The van der Waals surface area contributed by atoms with E-state index in [1.54, 1.807) is 30.5 Å². The molecule has 2 aromatic rings. The predicted molar refractivity (Wildman–Crippen MR) is 62.4 cm³/mol. The fourth-order valence-electron chi connectivity index (χ4n) is 1.44. The second kappa shape index (κ2) is 4.72. The second-order valence-corrected chi connectivity index (χ2v) is 4.27. The number of hydrogen-bond donors (Lipinski definition) is 1. The van der Waals surface area contributed by atoms with E-state index in [0.717, 1.165) is 4.47 Å². The van der Waals surface area contributed by atoms with Crippen LogP contribution in [0.15, 0.2) is 47.2 Å². The van der Waals surface area contributed by atoms with Crippen molar-refractivity contribution < 1.29 is 9.50 Å². The van der Waals surface area contributed by atoms with Gasteiger partial charge in [0.25, 0.3) is 0 Å². The monoisotopic (exact) mass is 281 g/mol. The van der Waals surface area contributed by atoms with Gasteiger partial charge in [-0.25, -0.2) is 4.39 Å². The average molecular weight is 282 g/mol. The first-order valence-corrected chi connectivity index (χ1v) is 5.50. The van der Waals surface area contributed by atoms with Gasteiger partial charge in [-0.2, -0.15) is 0 Å². The van der Waals surface area contributed by atoms with Crippen LogP contribution in [0, 0.1) is 5.82 Å². The van der Waals surface area contributed by atoms with Gasteiger partial charge in [-0.1, -0.05) is 22.0 Å². The highest BCUT2D eigenvalue weighted by atomic mass is 79.9. The van der Waals surface area contributed by atoms with Gasteiger partial charge >= 0.3 is 0 Å². The summed E-state index contributed by atoms with van der Waals surface area (Å²) in [7, 11) is 0. The van der Waals surface area contributed by atoms with Crippen LogP contribution in [-0.2, 0) is 0 Å². The molecule has 0 amide bonds. The van der Waals surface area contributed by atoms with Crippen LogP contribution >= 0.6 is 15.9 Å². The minimum absolute atomic E-state index is 0.238. The van der Waals surface area contributed by atoms with Crippen molar-refractivity contribution >= 4 is 15.9 Å². The number of rotatable bonds is 2. The van der Waals surface area contributed by atoms with Gasteiger partial charge in [-0.3, -0.25) is 4.98 Å². The van der Waals surface area contributed by atoms with Gasteiger partial charge in [0.15, 0.2) is 0 Å². The lowest BCUT2D eigenvalue weighted by atomic mass is 10.0. The molecule has 1 N–H and O–H groups in total. The van der Waals surface area contributed by atoms with Crippen LogP contribution in [0.5, 0.6) is 0 Å². The van der Waals surface area contributed by atoms with Gasteiger partial charge in [-0.15, -0.1) is 0 Å². The summed E-state index contributed by atoms with van der Waals surface area (Å²) < 4.78 is 14.2.